The van der Waals surface area contributed by atoms with Crippen LogP contribution in [0.4, 0.5) is 50.1 Å². The first kappa shape index (κ1) is 28.8. The minimum atomic E-state index is -5.12. The van der Waals surface area contributed by atoms with Gasteiger partial charge in [-0.1, -0.05) is 0 Å². The molecule has 2 saturated heterocycles. The maximum atomic E-state index is 13.4. The fourth-order valence-corrected chi connectivity index (χ4v) is 4.44. The number of hydrogen-bond donors (Lipinski definition) is 1. The highest BCUT2D eigenvalue weighted by molar-refractivity contribution is 5.71. The number of pyridine rings is 1. The van der Waals surface area contributed by atoms with E-state index < -0.39 is 65.6 Å². The third-order valence-electron chi connectivity index (χ3n) is 6.53. The summed E-state index contributed by atoms with van der Waals surface area (Å²) in [7, 11) is 0. The van der Waals surface area contributed by atoms with E-state index in [1.165, 1.54) is 6.92 Å². The molecule has 2 unspecified atom stereocenters. The minimum absolute atomic E-state index is 0.0503. The highest BCUT2D eigenvalue weighted by Gasteiger charge is 2.44. The van der Waals surface area contributed by atoms with E-state index in [-0.39, 0.29) is 23.5 Å². The molecule has 1 aromatic carbocycles. The average molecular weight is 571 g/mol. The predicted octanol–water partition coefficient (Wildman–Crippen LogP) is 6.81. The second-order valence-corrected chi connectivity index (χ2v) is 9.27. The van der Waals surface area contributed by atoms with E-state index in [0.29, 0.717) is 44.4 Å². The number of hydrogen-bond acceptors (Lipinski definition) is 5. The fourth-order valence-electron chi connectivity index (χ4n) is 4.44. The minimum Gasteiger partial charge on any atom is -0.439 e. The van der Waals surface area contributed by atoms with E-state index >= 15 is 0 Å². The second-order valence-electron chi connectivity index (χ2n) is 9.27. The Kier molecular flexibility index (Phi) is 7.67. The van der Waals surface area contributed by atoms with Crippen molar-refractivity contribution in [2.24, 2.45) is 0 Å². The van der Waals surface area contributed by atoms with Crippen LogP contribution in [0.2, 0.25) is 0 Å². The number of carbonyl (C=O) groups is 1. The summed E-state index contributed by atoms with van der Waals surface area (Å²) in [5.74, 6) is 0.0526. The molecule has 2 aromatic rings. The smallest absolute Gasteiger partial charge is 0.417 e. The van der Waals surface area contributed by atoms with Crippen molar-refractivity contribution in [3.8, 4) is 0 Å². The van der Waals surface area contributed by atoms with Gasteiger partial charge in [0.1, 0.15) is 11.9 Å². The lowest BCUT2D eigenvalue weighted by Gasteiger charge is -2.27. The summed E-state index contributed by atoms with van der Waals surface area (Å²) in [6.45, 7) is 1.66. The molecule has 2 atom stereocenters. The van der Waals surface area contributed by atoms with Gasteiger partial charge >= 0.3 is 24.6 Å². The van der Waals surface area contributed by atoms with Crippen molar-refractivity contribution in [1.29, 1.82) is 0 Å². The molecule has 6 nitrogen and oxygen atoms in total. The van der Waals surface area contributed by atoms with E-state index in [1.807, 2.05) is 0 Å². The Hall–Kier alpha value is -3.23. The third-order valence-corrected chi connectivity index (χ3v) is 6.53. The highest BCUT2D eigenvalue weighted by Crippen LogP contribution is 2.41. The topological polar surface area (TPSA) is 63.7 Å². The van der Waals surface area contributed by atoms with Crippen molar-refractivity contribution in [3.05, 3.63) is 58.3 Å². The molecular formula is C24H22F9N3O3. The molecule has 3 heterocycles. The number of rotatable bonds is 5. The molecule has 0 aliphatic carbocycles. The molecule has 2 fully saturated rings. The first-order chi connectivity index (χ1) is 18.0. The zero-order chi connectivity index (χ0) is 28.8. The zero-order valence-corrected chi connectivity index (χ0v) is 20.2. The van der Waals surface area contributed by atoms with Crippen LogP contribution in [0.25, 0.3) is 0 Å². The number of amides is 1. The lowest BCUT2D eigenvalue weighted by Crippen LogP contribution is -2.33. The van der Waals surface area contributed by atoms with Crippen LogP contribution in [0.1, 0.15) is 53.7 Å². The first-order valence-electron chi connectivity index (χ1n) is 11.7. The van der Waals surface area contributed by atoms with E-state index in [9.17, 15) is 44.3 Å². The van der Waals surface area contributed by atoms with Crippen molar-refractivity contribution in [1.82, 2.24) is 9.88 Å². The predicted molar refractivity (Wildman–Crippen MR) is 117 cm³/mol. The normalized spacial score (nSPS) is 21.3. The average Bonchev–Trinajstić information content (AvgIpc) is 3.12. The van der Waals surface area contributed by atoms with E-state index in [2.05, 4.69) is 10.3 Å². The van der Waals surface area contributed by atoms with Crippen LogP contribution >= 0.6 is 0 Å². The largest absolute Gasteiger partial charge is 0.439 e. The van der Waals surface area contributed by atoms with Crippen molar-refractivity contribution in [2.75, 3.05) is 18.5 Å². The summed E-state index contributed by atoms with van der Waals surface area (Å²) < 4.78 is 131. The molecule has 39 heavy (non-hydrogen) atoms. The van der Waals surface area contributed by atoms with Gasteiger partial charge in [-0.3, -0.25) is 4.90 Å². The number of cyclic esters (lactones) is 1. The summed E-state index contributed by atoms with van der Waals surface area (Å²) in [5.41, 5.74) is -4.87. The van der Waals surface area contributed by atoms with E-state index in [1.54, 1.807) is 0 Å². The molecule has 1 aromatic heterocycles. The molecule has 2 aliphatic rings. The zero-order valence-electron chi connectivity index (χ0n) is 20.2. The van der Waals surface area contributed by atoms with Gasteiger partial charge in [0.05, 0.1) is 29.3 Å². The van der Waals surface area contributed by atoms with E-state index in [0.717, 1.165) is 11.0 Å². The molecule has 2 aliphatic heterocycles. The summed E-state index contributed by atoms with van der Waals surface area (Å²) in [6.07, 6.45) is -15.9. The Morgan fingerprint density at radius 2 is 1.46 bits per heavy atom. The SMILES string of the molecule is CC1C(c2cc(C(F)(F)F)cc(C(F)(F)F)c2)OC(=O)N1Cc1cc(C(F)(F)F)cnc1NC1CCOCC1. The van der Waals surface area contributed by atoms with Gasteiger partial charge in [-0.25, -0.2) is 9.78 Å². The first-order valence-corrected chi connectivity index (χ1v) is 11.7. The molecule has 4 rings (SSSR count). The van der Waals surface area contributed by atoms with Crippen LogP contribution in [0.5, 0.6) is 0 Å². The van der Waals surface area contributed by atoms with Crippen LogP contribution in [-0.4, -0.2) is 41.3 Å². The summed E-state index contributed by atoms with van der Waals surface area (Å²) in [4.78, 5) is 17.5. The standard InChI is InChI=1S/C24H22F9N3O3/c1-12-19(13-6-15(22(25,26)27)9-16(7-13)23(28,29)30)39-21(37)36(12)11-14-8-17(24(31,32)33)10-34-20(14)35-18-2-4-38-5-3-18/h6-10,12,18-19H,2-5,11H2,1H3,(H,34,35). The summed E-state index contributed by atoms with van der Waals surface area (Å²) >= 11 is 0. The molecule has 0 saturated carbocycles. The summed E-state index contributed by atoms with van der Waals surface area (Å²) in [6, 6.07) is 0.337. The van der Waals surface area contributed by atoms with E-state index in [4.69, 9.17) is 9.47 Å². The van der Waals surface area contributed by atoms with Crippen LogP contribution in [0.3, 0.4) is 0 Å². The van der Waals surface area contributed by atoms with Gasteiger partial charge in [0.2, 0.25) is 0 Å². The molecule has 1 N–H and O–H groups in total. The maximum absolute atomic E-state index is 13.4. The van der Waals surface area contributed by atoms with Gasteiger partial charge in [0.15, 0.2) is 0 Å². The molecule has 214 valence electrons. The number of aromatic nitrogens is 1. The molecule has 0 bridgehead atoms. The number of carbonyl (C=O) groups excluding carboxylic acids is 1. The number of benzene rings is 1. The van der Waals surface area contributed by atoms with Crippen LogP contribution in [0.15, 0.2) is 30.5 Å². The summed E-state index contributed by atoms with van der Waals surface area (Å²) in [5, 5.41) is 3.04. The Morgan fingerprint density at radius 3 is 2.00 bits per heavy atom. The monoisotopic (exact) mass is 571 g/mol. The number of nitrogens with zero attached hydrogens (tertiary/aromatic N) is 2. The van der Waals surface area contributed by atoms with Gasteiger partial charge in [-0.2, -0.15) is 39.5 Å². The maximum Gasteiger partial charge on any atom is 0.417 e. The molecular weight excluding hydrogens is 549 g/mol. The third kappa shape index (κ3) is 6.50. The van der Waals surface area contributed by atoms with Gasteiger partial charge in [-0.05, 0) is 49.6 Å². The van der Waals surface area contributed by atoms with Gasteiger partial charge in [0.25, 0.3) is 0 Å². The van der Waals surface area contributed by atoms with Crippen molar-refractivity contribution in [2.45, 2.75) is 63.0 Å². The van der Waals surface area contributed by atoms with Gasteiger partial charge < -0.3 is 14.8 Å². The Labute approximate surface area is 216 Å². The van der Waals surface area contributed by atoms with Crippen molar-refractivity contribution < 1.29 is 53.8 Å². The number of halogens is 9. The number of ether oxygens (including phenoxy) is 2. The van der Waals surface area contributed by atoms with Crippen LogP contribution < -0.4 is 5.32 Å². The van der Waals surface area contributed by atoms with Crippen LogP contribution in [-0.2, 0) is 34.5 Å². The van der Waals surface area contributed by atoms with Crippen molar-refractivity contribution in [3.63, 3.8) is 0 Å². The molecule has 15 heteroatoms. The fraction of sp³-hybridized carbons (Fsp3) is 0.500. The molecule has 0 radical (unpaired) electrons. The molecule has 0 spiro atoms. The number of alkyl halides is 9. The van der Waals surface area contributed by atoms with Gasteiger partial charge in [0, 0.05) is 31.0 Å². The quantitative estimate of drug-likeness (QED) is 0.400. The Morgan fingerprint density at radius 1 is 0.897 bits per heavy atom. The van der Waals surface area contributed by atoms with Crippen molar-refractivity contribution >= 4 is 11.9 Å². The lowest BCUT2D eigenvalue weighted by molar-refractivity contribution is -0.143. The van der Waals surface area contributed by atoms with Gasteiger partial charge in [-0.15, -0.1) is 0 Å². The second kappa shape index (κ2) is 10.4. The molecule has 1 amide bonds. The number of nitrogens with one attached hydrogen (secondary N) is 1. The lowest BCUT2D eigenvalue weighted by atomic mass is 9.97. The van der Waals surface area contributed by atoms with Crippen LogP contribution in [0, 0.1) is 0 Å². The Balaban J connectivity index is 1.66. The highest BCUT2D eigenvalue weighted by atomic mass is 19.4. The number of anilines is 1. The Bertz CT molecular complexity index is 1180.